The molecular weight excluding hydrogens is 388 g/mol. The fourth-order valence-corrected chi connectivity index (χ4v) is 3.77. The van der Waals surface area contributed by atoms with Crippen molar-refractivity contribution in [3.05, 3.63) is 81.0 Å². The van der Waals surface area contributed by atoms with Gasteiger partial charge >= 0.3 is 0 Å². The topological polar surface area (TPSA) is 78.7 Å². The van der Waals surface area contributed by atoms with Gasteiger partial charge in [0, 0.05) is 37.6 Å². The maximum Gasteiger partial charge on any atom is 0.269 e. The van der Waals surface area contributed by atoms with Crippen LogP contribution in [0.3, 0.4) is 0 Å². The fourth-order valence-electron chi connectivity index (χ4n) is 3.41. The standard InChI is InChI=1S/C21H22N4O3S/c1-13-7-5-9-16(11-13)24-14(2)18(20(26)23(3)4)19(22-21(24)29)15-8-6-10-17(12-15)25(27)28/h5-12,19H,1-4H3,(H,22,29)/t19-/m0/s1. The highest BCUT2D eigenvalue weighted by Gasteiger charge is 2.35. The van der Waals surface area contributed by atoms with Gasteiger partial charge in [-0.25, -0.2) is 0 Å². The largest absolute Gasteiger partial charge is 0.351 e. The minimum absolute atomic E-state index is 0.0364. The number of thiocarbonyl (C=S) groups is 1. The average molecular weight is 410 g/mol. The number of carbonyl (C=O) groups is 1. The molecule has 0 saturated heterocycles. The predicted octanol–water partition coefficient (Wildman–Crippen LogP) is 3.70. The van der Waals surface area contributed by atoms with Crippen LogP contribution in [0.1, 0.15) is 24.1 Å². The molecule has 2 aromatic carbocycles. The zero-order valence-corrected chi connectivity index (χ0v) is 17.5. The van der Waals surface area contributed by atoms with Crippen molar-refractivity contribution in [2.24, 2.45) is 0 Å². The number of likely N-dealkylation sites (N-methyl/N-ethyl adjacent to an activating group) is 1. The van der Waals surface area contributed by atoms with E-state index in [0.29, 0.717) is 21.9 Å². The Hall–Kier alpha value is -3.26. The summed E-state index contributed by atoms with van der Waals surface area (Å²) >= 11 is 5.62. The first-order chi connectivity index (χ1) is 13.7. The van der Waals surface area contributed by atoms with Crippen LogP contribution < -0.4 is 10.2 Å². The normalized spacial score (nSPS) is 16.5. The van der Waals surface area contributed by atoms with E-state index in [0.717, 1.165) is 11.3 Å². The number of aryl methyl sites for hydroxylation is 1. The van der Waals surface area contributed by atoms with Gasteiger partial charge < -0.3 is 10.2 Å². The van der Waals surface area contributed by atoms with E-state index < -0.39 is 11.0 Å². The van der Waals surface area contributed by atoms with Gasteiger partial charge in [0.15, 0.2) is 5.11 Å². The molecule has 1 aliphatic rings. The molecule has 1 aliphatic heterocycles. The Balaban J connectivity index is 2.18. The van der Waals surface area contributed by atoms with Crippen molar-refractivity contribution in [1.29, 1.82) is 0 Å². The van der Waals surface area contributed by atoms with Gasteiger partial charge in [0.05, 0.1) is 16.5 Å². The predicted molar refractivity (Wildman–Crippen MR) is 117 cm³/mol. The number of nitro groups is 1. The quantitative estimate of drug-likeness (QED) is 0.470. The van der Waals surface area contributed by atoms with Gasteiger partial charge in [0.2, 0.25) is 0 Å². The van der Waals surface area contributed by atoms with Crippen molar-refractivity contribution < 1.29 is 9.72 Å². The summed E-state index contributed by atoms with van der Waals surface area (Å²) in [5.74, 6) is -0.188. The molecule has 0 spiro atoms. The number of nitro benzene ring substituents is 1. The van der Waals surface area contributed by atoms with Crippen LogP contribution in [0.4, 0.5) is 11.4 Å². The molecule has 2 aromatic rings. The van der Waals surface area contributed by atoms with Crippen LogP contribution >= 0.6 is 12.2 Å². The lowest BCUT2D eigenvalue weighted by molar-refractivity contribution is -0.384. The number of carbonyl (C=O) groups excluding carboxylic acids is 1. The maximum absolute atomic E-state index is 13.1. The highest BCUT2D eigenvalue weighted by atomic mass is 32.1. The van der Waals surface area contributed by atoms with Gasteiger partial charge in [0.1, 0.15) is 0 Å². The highest BCUT2D eigenvalue weighted by Crippen LogP contribution is 2.35. The van der Waals surface area contributed by atoms with E-state index in [2.05, 4.69) is 5.32 Å². The zero-order valence-electron chi connectivity index (χ0n) is 16.7. The Bertz CT molecular complexity index is 1030. The number of hydrogen-bond donors (Lipinski definition) is 1. The first kappa shape index (κ1) is 20.5. The van der Waals surface area contributed by atoms with Gasteiger partial charge in [-0.05, 0) is 49.3 Å². The molecule has 8 heteroatoms. The lowest BCUT2D eigenvalue weighted by Crippen LogP contribution is -2.49. The Morgan fingerprint density at radius 1 is 1.17 bits per heavy atom. The molecule has 1 atom stereocenters. The van der Waals surface area contributed by atoms with Crippen LogP contribution in [0.25, 0.3) is 0 Å². The molecule has 0 fully saturated rings. The number of anilines is 1. The summed E-state index contributed by atoms with van der Waals surface area (Å²) in [6.45, 7) is 3.83. The van der Waals surface area contributed by atoms with Crippen LogP contribution in [0.2, 0.25) is 0 Å². The summed E-state index contributed by atoms with van der Waals surface area (Å²) in [6.07, 6.45) is 0. The van der Waals surface area contributed by atoms with E-state index in [1.807, 2.05) is 43.0 Å². The summed E-state index contributed by atoms with van der Waals surface area (Å²) in [7, 11) is 3.36. The van der Waals surface area contributed by atoms with E-state index in [1.54, 1.807) is 26.2 Å². The summed E-state index contributed by atoms with van der Waals surface area (Å²) in [5, 5.41) is 14.9. The summed E-state index contributed by atoms with van der Waals surface area (Å²) in [5.41, 5.74) is 3.67. The minimum atomic E-state index is -0.585. The van der Waals surface area contributed by atoms with E-state index in [1.165, 1.54) is 17.0 Å². The number of allylic oxidation sites excluding steroid dienone is 1. The number of non-ortho nitro benzene ring substituents is 1. The lowest BCUT2D eigenvalue weighted by Gasteiger charge is -2.38. The molecule has 1 N–H and O–H groups in total. The van der Waals surface area contributed by atoms with Gasteiger partial charge in [-0.15, -0.1) is 0 Å². The molecule has 0 aromatic heterocycles. The number of benzene rings is 2. The van der Waals surface area contributed by atoms with Crippen LogP contribution in [-0.4, -0.2) is 34.9 Å². The Kier molecular flexibility index (Phi) is 5.65. The van der Waals surface area contributed by atoms with Crippen LogP contribution in [-0.2, 0) is 4.79 Å². The molecule has 0 aliphatic carbocycles. The number of nitrogens with zero attached hydrogens (tertiary/aromatic N) is 3. The zero-order chi connectivity index (χ0) is 21.3. The molecule has 7 nitrogen and oxygen atoms in total. The van der Waals surface area contributed by atoms with Gasteiger partial charge in [-0.2, -0.15) is 0 Å². The van der Waals surface area contributed by atoms with E-state index in [4.69, 9.17) is 12.2 Å². The van der Waals surface area contributed by atoms with E-state index >= 15 is 0 Å². The SMILES string of the molecule is CC1=C(C(=O)N(C)C)[C@H](c2cccc([N+](=O)[O-])c2)NC(=S)N1c1cccc(C)c1. The maximum atomic E-state index is 13.1. The van der Waals surface area contributed by atoms with Gasteiger partial charge in [-0.1, -0.05) is 24.3 Å². The highest BCUT2D eigenvalue weighted by molar-refractivity contribution is 7.80. The van der Waals surface area contributed by atoms with Crippen molar-refractivity contribution >= 4 is 34.6 Å². The molecule has 1 amide bonds. The van der Waals surface area contributed by atoms with Gasteiger partial charge in [-0.3, -0.25) is 19.8 Å². The monoisotopic (exact) mass is 410 g/mol. The Labute approximate surface area is 174 Å². The summed E-state index contributed by atoms with van der Waals surface area (Å²) in [6, 6.07) is 13.5. The summed E-state index contributed by atoms with van der Waals surface area (Å²) in [4.78, 5) is 27.2. The molecule has 1 heterocycles. The van der Waals surface area contributed by atoms with Crippen molar-refractivity contribution in [3.63, 3.8) is 0 Å². The minimum Gasteiger partial charge on any atom is -0.351 e. The molecule has 29 heavy (non-hydrogen) atoms. The van der Waals surface area contributed by atoms with Crippen molar-refractivity contribution in [1.82, 2.24) is 10.2 Å². The lowest BCUT2D eigenvalue weighted by atomic mass is 9.93. The number of rotatable bonds is 4. The van der Waals surface area contributed by atoms with Crippen molar-refractivity contribution in [2.75, 3.05) is 19.0 Å². The molecule has 0 radical (unpaired) electrons. The second-order valence-corrected chi connectivity index (χ2v) is 7.49. The van der Waals surface area contributed by atoms with Crippen LogP contribution in [0.15, 0.2) is 59.8 Å². The number of amides is 1. The van der Waals surface area contributed by atoms with Crippen LogP contribution in [0.5, 0.6) is 0 Å². The van der Waals surface area contributed by atoms with Gasteiger partial charge in [0.25, 0.3) is 11.6 Å². The number of hydrogen-bond acceptors (Lipinski definition) is 4. The molecule has 3 rings (SSSR count). The third-order valence-electron chi connectivity index (χ3n) is 4.80. The molecule has 0 bridgehead atoms. The molecule has 0 unspecified atom stereocenters. The second kappa shape index (κ2) is 8.00. The molecule has 0 saturated carbocycles. The average Bonchev–Trinajstić information content (AvgIpc) is 2.67. The van der Waals surface area contributed by atoms with E-state index in [-0.39, 0.29) is 11.6 Å². The smallest absolute Gasteiger partial charge is 0.269 e. The third-order valence-corrected chi connectivity index (χ3v) is 5.10. The molecule has 150 valence electrons. The number of nitrogens with one attached hydrogen (secondary N) is 1. The van der Waals surface area contributed by atoms with Crippen molar-refractivity contribution in [2.45, 2.75) is 19.9 Å². The fraction of sp³-hybridized carbons (Fsp3) is 0.238. The van der Waals surface area contributed by atoms with Crippen molar-refractivity contribution in [3.8, 4) is 0 Å². The first-order valence-electron chi connectivity index (χ1n) is 9.04. The Morgan fingerprint density at radius 3 is 2.48 bits per heavy atom. The van der Waals surface area contributed by atoms with Crippen LogP contribution in [0, 0.1) is 17.0 Å². The first-order valence-corrected chi connectivity index (χ1v) is 9.45. The Morgan fingerprint density at radius 2 is 1.86 bits per heavy atom. The van der Waals surface area contributed by atoms with E-state index in [9.17, 15) is 14.9 Å². The second-order valence-electron chi connectivity index (χ2n) is 7.11. The third kappa shape index (κ3) is 3.97. The summed E-state index contributed by atoms with van der Waals surface area (Å²) < 4.78 is 0. The molecular formula is C21H22N4O3S.